The summed E-state index contributed by atoms with van der Waals surface area (Å²) in [6.45, 7) is 0. The lowest BCUT2D eigenvalue weighted by molar-refractivity contribution is 0.102. The van der Waals surface area contributed by atoms with Crippen LogP contribution in [0.3, 0.4) is 0 Å². The smallest absolute Gasteiger partial charge is 0.276 e. The number of nitrogens with zero attached hydrogens (tertiary/aromatic N) is 3. The number of aryl methyl sites for hydroxylation is 1. The Hall–Kier alpha value is -3.19. The van der Waals surface area contributed by atoms with Crippen LogP contribution in [-0.4, -0.2) is 20.1 Å². The van der Waals surface area contributed by atoms with Gasteiger partial charge in [0.25, 0.3) is 11.5 Å². The van der Waals surface area contributed by atoms with Crippen molar-refractivity contribution in [1.82, 2.24) is 14.2 Å². The van der Waals surface area contributed by atoms with E-state index in [1.165, 1.54) is 27.3 Å². The monoisotopic (exact) mass is 370 g/mol. The second kappa shape index (κ2) is 5.96. The Morgan fingerprint density at radius 2 is 1.92 bits per heavy atom. The highest BCUT2D eigenvalue weighted by Gasteiger charge is 2.14. The van der Waals surface area contributed by atoms with E-state index >= 15 is 0 Å². The summed E-state index contributed by atoms with van der Waals surface area (Å²) in [6, 6.07) is 10.4. The van der Waals surface area contributed by atoms with E-state index in [0.29, 0.717) is 21.6 Å². The van der Waals surface area contributed by atoms with E-state index in [4.69, 9.17) is 11.6 Å². The molecule has 0 spiro atoms. The van der Waals surface area contributed by atoms with Crippen LogP contribution in [0.25, 0.3) is 16.6 Å². The molecule has 4 aromatic rings. The maximum Gasteiger partial charge on any atom is 0.276 e. The number of hydrogen-bond donors (Lipinski definition) is 1. The molecule has 26 heavy (non-hydrogen) atoms. The van der Waals surface area contributed by atoms with Gasteiger partial charge in [-0.25, -0.2) is 8.91 Å². The van der Waals surface area contributed by atoms with E-state index in [1.807, 2.05) is 0 Å². The number of fused-ring (bicyclic) bond motifs is 3. The number of hydrogen-bond acceptors (Lipinski definition) is 3. The first-order chi connectivity index (χ1) is 12.5. The number of anilines is 1. The molecule has 8 heteroatoms. The van der Waals surface area contributed by atoms with Gasteiger partial charge in [-0.1, -0.05) is 11.6 Å². The van der Waals surface area contributed by atoms with Gasteiger partial charge in [0.05, 0.1) is 22.9 Å². The van der Waals surface area contributed by atoms with Crippen molar-refractivity contribution in [3.8, 4) is 0 Å². The highest BCUT2D eigenvalue weighted by molar-refractivity contribution is 6.31. The minimum Gasteiger partial charge on any atom is -0.319 e. The normalized spacial score (nSPS) is 11.2. The molecule has 0 fully saturated rings. The zero-order chi connectivity index (χ0) is 18.4. The second-order valence-electron chi connectivity index (χ2n) is 5.77. The SMILES string of the molecule is Cn1c(=O)c2ccnn2c2ccc(C(=O)Nc3cc(Cl)ccc3F)cc21. The van der Waals surface area contributed by atoms with Gasteiger partial charge in [0.2, 0.25) is 0 Å². The number of rotatable bonds is 2. The van der Waals surface area contributed by atoms with Gasteiger partial charge >= 0.3 is 0 Å². The van der Waals surface area contributed by atoms with E-state index in [1.54, 1.807) is 37.5 Å². The van der Waals surface area contributed by atoms with Crippen molar-refractivity contribution in [2.45, 2.75) is 0 Å². The third kappa shape index (κ3) is 2.53. The molecule has 0 aliphatic heterocycles. The van der Waals surface area contributed by atoms with E-state index in [-0.39, 0.29) is 16.8 Å². The number of aromatic nitrogens is 3. The Morgan fingerprint density at radius 1 is 1.12 bits per heavy atom. The fourth-order valence-electron chi connectivity index (χ4n) is 2.84. The summed E-state index contributed by atoms with van der Waals surface area (Å²) in [7, 11) is 1.62. The lowest BCUT2D eigenvalue weighted by Crippen LogP contribution is -2.21. The van der Waals surface area contributed by atoms with Gasteiger partial charge in [-0.05, 0) is 42.5 Å². The Balaban J connectivity index is 1.81. The van der Waals surface area contributed by atoms with Crippen LogP contribution >= 0.6 is 11.6 Å². The van der Waals surface area contributed by atoms with Crippen LogP contribution in [-0.2, 0) is 7.05 Å². The van der Waals surface area contributed by atoms with Crippen LogP contribution in [0.5, 0.6) is 0 Å². The van der Waals surface area contributed by atoms with Gasteiger partial charge < -0.3 is 9.88 Å². The molecule has 0 bridgehead atoms. The van der Waals surface area contributed by atoms with Crippen molar-refractivity contribution < 1.29 is 9.18 Å². The third-order valence-electron chi connectivity index (χ3n) is 4.17. The Morgan fingerprint density at radius 3 is 2.73 bits per heavy atom. The number of halogens is 2. The Labute approximate surface area is 151 Å². The summed E-state index contributed by atoms with van der Waals surface area (Å²) < 4.78 is 16.8. The number of carbonyl (C=O) groups is 1. The van der Waals surface area contributed by atoms with Crippen molar-refractivity contribution >= 4 is 39.7 Å². The van der Waals surface area contributed by atoms with E-state index in [0.717, 1.165) is 0 Å². The number of carbonyl (C=O) groups excluding carboxylic acids is 1. The minimum atomic E-state index is -0.589. The van der Waals surface area contributed by atoms with Crippen molar-refractivity contribution in [3.63, 3.8) is 0 Å². The minimum absolute atomic E-state index is 0.0148. The molecule has 0 aliphatic carbocycles. The summed E-state index contributed by atoms with van der Waals surface area (Å²) in [5.41, 5.74) is 1.69. The van der Waals surface area contributed by atoms with Crippen LogP contribution in [0.15, 0.2) is 53.5 Å². The lowest BCUT2D eigenvalue weighted by atomic mass is 10.1. The highest BCUT2D eigenvalue weighted by atomic mass is 35.5. The van der Waals surface area contributed by atoms with Crippen LogP contribution in [0, 0.1) is 5.82 Å². The first-order valence-corrected chi connectivity index (χ1v) is 8.06. The summed E-state index contributed by atoms with van der Waals surface area (Å²) in [5.74, 6) is -1.10. The van der Waals surface area contributed by atoms with Crippen molar-refractivity contribution in [1.29, 1.82) is 0 Å². The second-order valence-corrected chi connectivity index (χ2v) is 6.21. The zero-order valence-electron chi connectivity index (χ0n) is 13.5. The molecule has 0 atom stereocenters. The predicted molar refractivity (Wildman–Crippen MR) is 97.3 cm³/mol. The quantitative estimate of drug-likeness (QED) is 0.589. The summed E-state index contributed by atoms with van der Waals surface area (Å²) in [4.78, 5) is 24.9. The van der Waals surface area contributed by atoms with Gasteiger partial charge in [0, 0.05) is 17.6 Å². The molecule has 0 saturated carbocycles. The molecule has 4 rings (SSSR count). The standard InChI is InChI=1S/C18H12ClFN4O2/c1-23-16-8-10(17(25)22-13-9-11(19)3-4-12(13)20)2-5-14(16)24-15(18(23)26)6-7-21-24/h2-9H,1H3,(H,22,25). The van der Waals surface area contributed by atoms with Crippen LogP contribution in [0.2, 0.25) is 5.02 Å². The largest absolute Gasteiger partial charge is 0.319 e. The molecule has 6 nitrogen and oxygen atoms in total. The van der Waals surface area contributed by atoms with E-state index in [9.17, 15) is 14.0 Å². The maximum absolute atomic E-state index is 13.8. The molecule has 2 aromatic heterocycles. The molecule has 0 aliphatic rings. The van der Waals surface area contributed by atoms with Crippen molar-refractivity contribution in [2.24, 2.45) is 7.05 Å². The van der Waals surface area contributed by atoms with Gasteiger partial charge in [-0.3, -0.25) is 9.59 Å². The van der Waals surface area contributed by atoms with Gasteiger partial charge in [0.1, 0.15) is 11.3 Å². The van der Waals surface area contributed by atoms with Crippen LogP contribution in [0.1, 0.15) is 10.4 Å². The molecule has 0 radical (unpaired) electrons. The van der Waals surface area contributed by atoms with E-state index < -0.39 is 11.7 Å². The van der Waals surface area contributed by atoms with Gasteiger partial charge in [-0.2, -0.15) is 5.10 Å². The average Bonchev–Trinajstić information content (AvgIpc) is 3.12. The topological polar surface area (TPSA) is 68.4 Å². The van der Waals surface area contributed by atoms with E-state index in [2.05, 4.69) is 10.4 Å². The first-order valence-electron chi connectivity index (χ1n) is 7.68. The first kappa shape index (κ1) is 16.3. The fourth-order valence-corrected chi connectivity index (χ4v) is 3.01. The number of benzene rings is 2. The van der Waals surface area contributed by atoms with Gasteiger partial charge in [-0.15, -0.1) is 0 Å². The predicted octanol–water partition coefficient (Wildman–Crippen LogP) is 3.23. The third-order valence-corrected chi connectivity index (χ3v) is 4.41. The van der Waals surface area contributed by atoms with Crippen molar-refractivity contribution in [3.05, 3.63) is 75.4 Å². The Kier molecular flexibility index (Phi) is 3.73. The number of amides is 1. The molecule has 1 amide bonds. The Bertz CT molecular complexity index is 1250. The molecule has 0 unspecified atom stereocenters. The molecular weight excluding hydrogens is 359 g/mol. The molecule has 2 aromatic carbocycles. The molecule has 130 valence electrons. The molecule has 1 N–H and O–H groups in total. The van der Waals surface area contributed by atoms with Crippen molar-refractivity contribution in [2.75, 3.05) is 5.32 Å². The summed E-state index contributed by atoms with van der Waals surface area (Å²) in [6.07, 6.45) is 1.54. The summed E-state index contributed by atoms with van der Waals surface area (Å²) >= 11 is 5.84. The molecule has 0 saturated heterocycles. The maximum atomic E-state index is 13.8. The zero-order valence-corrected chi connectivity index (χ0v) is 14.3. The lowest BCUT2D eigenvalue weighted by Gasteiger charge is -2.10. The van der Waals surface area contributed by atoms with Crippen LogP contribution in [0.4, 0.5) is 10.1 Å². The number of nitrogens with one attached hydrogen (secondary N) is 1. The fraction of sp³-hybridized carbons (Fsp3) is 0.0556. The van der Waals surface area contributed by atoms with Gasteiger partial charge in [0.15, 0.2) is 0 Å². The average molecular weight is 371 g/mol. The highest BCUT2D eigenvalue weighted by Crippen LogP contribution is 2.21. The molecule has 2 heterocycles. The van der Waals surface area contributed by atoms with Crippen LogP contribution < -0.4 is 10.9 Å². The molecular formula is C18H12ClFN4O2. The summed E-state index contributed by atoms with van der Waals surface area (Å²) in [5, 5.41) is 6.95.